The fraction of sp³-hybridized carbons (Fsp3) is 0.778. The molecule has 0 aromatic heterocycles. The minimum Gasteiger partial charge on any atom is -0.239 e. The number of rotatable bonds is 3. The highest BCUT2D eigenvalue weighted by Gasteiger charge is 2.29. The molecule has 0 heterocycles. The first kappa shape index (κ1) is 9.67. The molecule has 0 saturated heterocycles. The Morgan fingerprint density at radius 3 is 2.10 bits per heavy atom. The average molecular weight is 144 g/mol. The molecule has 0 aromatic rings. The van der Waals surface area contributed by atoms with E-state index in [4.69, 9.17) is 0 Å². The van der Waals surface area contributed by atoms with E-state index in [2.05, 4.69) is 6.58 Å². The van der Waals surface area contributed by atoms with Crippen LogP contribution in [0.5, 0.6) is 0 Å². The lowest BCUT2D eigenvalue weighted by Gasteiger charge is -2.26. The van der Waals surface area contributed by atoms with E-state index < -0.39 is 5.67 Å². The molecule has 60 valence electrons. The lowest BCUT2D eigenvalue weighted by atomic mass is 9.86. The van der Waals surface area contributed by atoms with Gasteiger partial charge in [-0.1, -0.05) is 27.4 Å². The first-order chi connectivity index (χ1) is 4.42. The molecule has 10 heavy (non-hydrogen) atoms. The zero-order chi connectivity index (χ0) is 8.36. The van der Waals surface area contributed by atoms with Gasteiger partial charge < -0.3 is 0 Å². The molecule has 1 atom stereocenters. The number of halogens is 1. The van der Waals surface area contributed by atoms with Crippen LogP contribution in [0.2, 0.25) is 0 Å². The van der Waals surface area contributed by atoms with Crippen LogP contribution in [-0.4, -0.2) is 5.67 Å². The van der Waals surface area contributed by atoms with E-state index in [1.165, 1.54) is 0 Å². The summed E-state index contributed by atoms with van der Waals surface area (Å²) in [6.07, 6.45) is 0.727. The fourth-order valence-corrected chi connectivity index (χ4v) is 0.754. The van der Waals surface area contributed by atoms with Gasteiger partial charge >= 0.3 is 0 Å². The smallest absolute Gasteiger partial charge is 0.131 e. The zero-order valence-corrected chi connectivity index (χ0v) is 7.37. The second-order valence-electron chi connectivity index (χ2n) is 3.19. The summed E-state index contributed by atoms with van der Waals surface area (Å²) in [4.78, 5) is 0. The molecule has 0 aliphatic heterocycles. The van der Waals surface area contributed by atoms with Gasteiger partial charge in [0.1, 0.15) is 5.67 Å². The van der Waals surface area contributed by atoms with Crippen molar-refractivity contribution < 1.29 is 4.39 Å². The van der Waals surface area contributed by atoms with Crippen LogP contribution >= 0.6 is 0 Å². The Kier molecular flexibility index (Phi) is 3.07. The second kappa shape index (κ2) is 3.18. The van der Waals surface area contributed by atoms with E-state index in [-0.39, 0.29) is 5.92 Å². The fourth-order valence-electron chi connectivity index (χ4n) is 0.754. The normalized spacial score (nSPS) is 17.0. The molecule has 0 radical (unpaired) electrons. The first-order valence-corrected chi connectivity index (χ1v) is 3.80. The number of hydrogen-bond donors (Lipinski definition) is 0. The van der Waals surface area contributed by atoms with E-state index in [1.807, 2.05) is 20.8 Å². The van der Waals surface area contributed by atoms with E-state index in [0.717, 1.165) is 6.42 Å². The van der Waals surface area contributed by atoms with Crippen LogP contribution in [0.1, 0.15) is 34.1 Å². The molecule has 0 nitrogen and oxygen atoms in total. The molecule has 0 saturated carbocycles. The average Bonchev–Trinajstić information content (AvgIpc) is 1.86. The van der Waals surface area contributed by atoms with Crippen LogP contribution in [-0.2, 0) is 0 Å². The highest BCUT2D eigenvalue weighted by Crippen LogP contribution is 2.30. The molecule has 0 aliphatic rings. The Bertz CT molecular complexity index is 123. The van der Waals surface area contributed by atoms with Crippen molar-refractivity contribution in [3.05, 3.63) is 12.2 Å². The predicted octanol–water partition coefficient (Wildman–Crippen LogP) is 3.34. The Morgan fingerprint density at radius 1 is 1.60 bits per heavy atom. The van der Waals surface area contributed by atoms with Gasteiger partial charge in [0.2, 0.25) is 0 Å². The molecule has 0 aliphatic carbocycles. The molecule has 0 fully saturated rings. The monoisotopic (exact) mass is 144 g/mol. The SMILES string of the molecule is C=C(CC)C(C)(F)C(C)C. The number of alkyl halides is 1. The molecule has 0 rings (SSSR count). The summed E-state index contributed by atoms with van der Waals surface area (Å²) in [5.41, 5.74) is -0.489. The molecular formula is C9H17F. The van der Waals surface area contributed by atoms with Gasteiger partial charge in [-0.05, 0) is 24.8 Å². The largest absolute Gasteiger partial charge is 0.239 e. The van der Waals surface area contributed by atoms with E-state index >= 15 is 0 Å². The van der Waals surface area contributed by atoms with Crippen LogP contribution in [0.15, 0.2) is 12.2 Å². The summed E-state index contributed by atoms with van der Waals surface area (Å²) < 4.78 is 13.5. The van der Waals surface area contributed by atoms with Gasteiger partial charge in [-0.2, -0.15) is 0 Å². The van der Waals surface area contributed by atoms with Gasteiger partial charge in [0, 0.05) is 0 Å². The molecular weight excluding hydrogens is 127 g/mol. The number of hydrogen-bond acceptors (Lipinski definition) is 0. The molecule has 0 aromatic carbocycles. The maximum atomic E-state index is 13.5. The van der Waals surface area contributed by atoms with Crippen molar-refractivity contribution >= 4 is 0 Å². The lowest BCUT2D eigenvalue weighted by Crippen LogP contribution is -2.27. The Morgan fingerprint density at radius 2 is 2.00 bits per heavy atom. The quantitative estimate of drug-likeness (QED) is 0.533. The Hall–Kier alpha value is -0.330. The maximum Gasteiger partial charge on any atom is 0.131 e. The summed E-state index contributed by atoms with van der Waals surface area (Å²) in [5, 5.41) is 0. The van der Waals surface area contributed by atoms with Gasteiger partial charge in [0.25, 0.3) is 0 Å². The van der Waals surface area contributed by atoms with Crippen LogP contribution in [0.25, 0.3) is 0 Å². The molecule has 1 heteroatoms. The van der Waals surface area contributed by atoms with Crippen molar-refractivity contribution in [2.24, 2.45) is 5.92 Å². The van der Waals surface area contributed by atoms with Crippen LogP contribution in [0.4, 0.5) is 4.39 Å². The van der Waals surface area contributed by atoms with Gasteiger partial charge in [0.05, 0.1) is 0 Å². The van der Waals surface area contributed by atoms with Gasteiger partial charge in [-0.15, -0.1) is 0 Å². The van der Waals surface area contributed by atoms with Crippen molar-refractivity contribution in [3.63, 3.8) is 0 Å². The minimum atomic E-state index is -1.19. The molecule has 1 unspecified atom stereocenters. The number of allylic oxidation sites excluding steroid dienone is 1. The second-order valence-corrected chi connectivity index (χ2v) is 3.19. The topological polar surface area (TPSA) is 0 Å². The van der Waals surface area contributed by atoms with Gasteiger partial charge in [-0.25, -0.2) is 4.39 Å². The first-order valence-electron chi connectivity index (χ1n) is 3.80. The third-order valence-corrected chi connectivity index (χ3v) is 2.20. The van der Waals surface area contributed by atoms with E-state index in [0.29, 0.717) is 5.57 Å². The van der Waals surface area contributed by atoms with Crippen LogP contribution in [0.3, 0.4) is 0 Å². The van der Waals surface area contributed by atoms with Crippen molar-refractivity contribution in [3.8, 4) is 0 Å². The standard InChI is InChI=1S/C9H17F/c1-6-8(4)9(5,10)7(2)3/h7H,4,6H2,1-3,5H3. The molecule has 0 N–H and O–H groups in total. The maximum absolute atomic E-state index is 13.5. The highest BCUT2D eigenvalue weighted by molar-refractivity contribution is 5.11. The summed E-state index contributed by atoms with van der Waals surface area (Å²) in [5.74, 6) is 0.0277. The lowest BCUT2D eigenvalue weighted by molar-refractivity contribution is 0.165. The van der Waals surface area contributed by atoms with Crippen molar-refractivity contribution in [2.75, 3.05) is 0 Å². The Balaban J connectivity index is 4.24. The van der Waals surface area contributed by atoms with Gasteiger partial charge in [-0.3, -0.25) is 0 Å². The molecule has 0 amide bonds. The summed E-state index contributed by atoms with van der Waals surface area (Å²) in [6.45, 7) is 11.0. The van der Waals surface area contributed by atoms with Crippen LogP contribution < -0.4 is 0 Å². The molecule has 0 bridgehead atoms. The summed E-state index contributed by atoms with van der Waals surface area (Å²) in [7, 11) is 0. The Labute approximate surface area is 63.1 Å². The third-order valence-electron chi connectivity index (χ3n) is 2.20. The van der Waals surface area contributed by atoms with Gasteiger partial charge in [0.15, 0.2) is 0 Å². The van der Waals surface area contributed by atoms with E-state index in [1.54, 1.807) is 6.92 Å². The van der Waals surface area contributed by atoms with Crippen molar-refractivity contribution in [2.45, 2.75) is 39.8 Å². The van der Waals surface area contributed by atoms with Crippen molar-refractivity contribution in [1.29, 1.82) is 0 Å². The van der Waals surface area contributed by atoms with E-state index in [9.17, 15) is 4.39 Å². The third kappa shape index (κ3) is 1.83. The molecule has 0 spiro atoms. The summed E-state index contributed by atoms with van der Waals surface area (Å²) in [6, 6.07) is 0. The zero-order valence-electron chi connectivity index (χ0n) is 7.37. The van der Waals surface area contributed by atoms with Crippen molar-refractivity contribution in [1.82, 2.24) is 0 Å². The minimum absolute atomic E-state index is 0.0277. The highest BCUT2D eigenvalue weighted by atomic mass is 19.1. The summed E-state index contributed by atoms with van der Waals surface area (Å²) >= 11 is 0. The predicted molar refractivity (Wildman–Crippen MR) is 43.8 cm³/mol. The van der Waals surface area contributed by atoms with Crippen LogP contribution in [0, 0.1) is 5.92 Å².